The summed E-state index contributed by atoms with van der Waals surface area (Å²) >= 11 is 0. The van der Waals surface area contributed by atoms with Crippen molar-refractivity contribution in [2.75, 3.05) is 5.32 Å². The van der Waals surface area contributed by atoms with Crippen molar-refractivity contribution in [2.24, 2.45) is 0 Å². The molecule has 0 atom stereocenters. The van der Waals surface area contributed by atoms with Crippen LogP contribution in [0.4, 0.5) is 5.69 Å². The zero-order valence-electron chi connectivity index (χ0n) is 12.4. The summed E-state index contributed by atoms with van der Waals surface area (Å²) < 4.78 is 1.64. The van der Waals surface area contributed by atoms with Gasteiger partial charge in [-0.2, -0.15) is 5.10 Å². The maximum Gasteiger partial charge on any atom is 0.257 e. The predicted molar refractivity (Wildman–Crippen MR) is 85.2 cm³/mol. The van der Waals surface area contributed by atoms with Gasteiger partial charge >= 0.3 is 0 Å². The lowest BCUT2D eigenvalue weighted by Gasteiger charge is -2.08. The predicted octanol–water partition coefficient (Wildman–Crippen LogP) is 3.14. The first kappa shape index (κ1) is 14.0. The van der Waals surface area contributed by atoms with Crippen LogP contribution in [0.2, 0.25) is 0 Å². The molecule has 0 aliphatic carbocycles. The van der Waals surface area contributed by atoms with Gasteiger partial charge in [0.2, 0.25) is 0 Å². The van der Waals surface area contributed by atoms with Crippen molar-refractivity contribution in [1.82, 2.24) is 14.8 Å². The molecule has 0 unspecified atom stereocenters. The standard InChI is InChI=1S/C17H16N4O/c1-12-8-13(2)10-15(9-12)20-17(22)14-4-5-16(18-11-14)21-7-3-6-19-21/h3-11H,1-2H3,(H,20,22). The fraction of sp³-hybridized carbons (Fsp3) is 0.118. The van der Waals surface area contributed by atoms with Gasteiger partial charge in [-0.15, -0.1) is 0 Å². The number of rotatable bonds is 3. The number of amides is 1. The molecule has 0 radical (unpaired) electrons. The average Bonchev–Trinajstić information content (AvgIpc) is 3.00. The fourth-order valence-corrected chi connectivity index (χ4v) is 2.31. The van der Waals surface area contributed by atoms with Gasteiger partial charge in [0.25, 0.3) is 5.91 Å². The number of nitrogens with one attached hydrogen (secondary N) is 1. The van der Waals surface area contributed by atoms with Gasteiger partial charge in [-0.25, -0.2) is 9.67 Å². The van der Waals surface area contributed by atoms with Crippen molar-refractivity contribution < 1.29 is 4.79 Å². The third-order valence-electron chi connectivity index (χ3n) is 3.23. The Bertz CT molecular complexity index is 772. The Morgan fingerprint density at radius 1 is 1.14 bits per heavy atom. The molecule has 2 aromatic heterocycles. The van der Waals surface area contributed by atoms with E-state index >= 15 is 0 Å². The Hall–Kier alpha value is -2.95. The molecule has 110 valence electrons. The SMILES string of the molecule is Cc1cc(C)cc(NC(=O)c2ccc(-n3cccn3)nc2)c1. The third-order valence-corrected chi connectivity index (χ3v) is 3.23. The second kappa shape index (κ2) is 5.81. The minimum Gasteiger partial charge on any atom is -0.322 e. The van der Waals surface area contributed by atoms with Crippen LogP contribution in [0.25, 0.3) is 5.82 Å². The number of aromatic nitrogens is 3. The van der Waals surface area contributed by atoms with Gasteiger partial charge in [0.05, 0.1) is 5.56 Å². The molecule has 3 aromatic rings. The highest BCUT2D eigenvalue weighted by Gasteiger charge is 2.08. The van der Waals surface area contributed by atoms with E-state index in [1.165, 1.54) is 0 Å². The monoisotopic (exact) mass is 292 g/mol. The molecule has 0 saturated heterocycles. The Morgan fingerprint density at radius 2 is 1.91 bits per heavy atom. The average molecular weight is 292 g/mol. The number of hydrogen-bond donors (Lipinski definition) is 1. The highest BCUT2D eigenvalue weighted by molar-refractivity contribution is 6.04. The van der Waals surface area contributed by atoms with E-state index < -0.39 is 0 Å². The summed E-state index contributed by atoms with van der Waals surface area (Å²) in [6.07, 6.45) is 5.04. The molecule has 0 saturated carbocycles. The topological polar surface area (TPSA) is 59.8 Å². The minimum absolute atomic E-state index is 0.176. The van der Waals surface area contributed by atoms with Crippen LogP contribution in [0.15, 0.2) is 55.0 Å². The van der Waals surface area contributed by atoms with Crippen molar-refractivity contribution in [1.29, 1.82) is 0 Å². The van der Waals surface area contributed by atoms with Gasteiger partial charge in [-0.3, -0.25) is 4.79 Å². The van der Waals surface area contributed by atoms with Crippen molar-refractivity contribution in [3.8, 4) is 5.82 Å². The largest absolute Gasteiger partial charge is 0.322 e. The number of carbonyl (C=O) groups excluding carboxylic acids is 1. The molecular formula is C17H16N4O. The van der Waals surface area contributed by atoms with Gasteiger partial charge < -0.3 is 5.32 Å². The molecule has 0 fully saturated rings. The number of anilines is 1. The molecule has 1 amide bonds. The van der Waals surface area contributed by atoms with Crippen molar-refractivity contribution in [2.45, 2.75) is 13.8 Å². The molecule has 1 aromatic carbocycles. The molecule has 1 N–H and O–H groups in total. The quantitative estimate of drug-likeness (QED) is 0.806. The van der Waals surface area contributed by atoms with Crippen LogP contribution in [0.1, 0.15) is 21.5 Å². The summed E-state index contributed by atoms with van der Waals surface area (Å²) in [6, 6.07) is 11.3. The first-order valence-corrected chi connectivity index (χ1v) is 6.97. The maximum absolute atomic E-state index is 12.3. The van der Waals surface area contributed by atoms with E-state index in [1.807, 2.05) is 32.0 Å². The number of hydrogen-bond acceptors (Lipinski definition) is 3. The number of aryl methyl sites for hydroxylation is 2. The second-order valence-electron chi connectivity index (χ2n) is 5.19. The number of carbonyl (C=O) groups is 1. The van der Waals surface area contributed by atoms with Crippen molar-refractivity contribution in [3.05, 3.63) is 71.7 Å². The van der Waals surface area contributed by atoms with Crippen LogP contribution in [0.5, 0.6) is 0 Å². The summed E-state index contributed by atoms with van der Waals surface area (Å²) in [4.78, 5) is 16.5. The lowest BCUT2D eigenvalue weighted by molar-refractivity contribution is 0.102. The Morgan fingerprint density at radius 3 is 2.50 bits per heavy atom. The second-order valence-corrected chi connectivity index (χ2v) is 5.19. The zero-order chi connectivity index (χ0) is 15.5. The number of benzene rings is 1. The van der Waals surface area contributed by atoms with E-state index in [9.17, 15) is 4.79 Å². The van der Waals surface area contributed by atoms with Gasteiger partial charge in [0, 0.05) is 24.3 Å². The fourth-order valence-electron chi connectivity index (χ4n) is 2.31. The molecule has 5 heteroatoms. The highest BCUT2D eigenvalue weighted by Crippen LogP contribution is 2.15. The first-order valence-electron chi connectivity index (χ1n) is 6.97. The molecule has 5 nitrogen and oxygen atoms in total. The molecule has 0 spiro atoms. The summed E-state index contributed by atoms with van der Waals surface area (Å²) in [7, 11) is 0. The lowest BCUT2D eigenvalue weighted by atomic mass is 10.1. The maximum atomic E-state index is 12.3. The van der Waals surface area contributed by atoms with Crippen molar-refractivity contribution >= 4 is 11.6 Å². The van der Waals surface area contributed by atoms with E-state index in [0.717, 1.165) is 16.8 Å². The summed E-state index contributed by atoms with van der Waals surface area (Å²) in [5.74, 6) is 0.498. The van der Waals surface area contributed by atoms with E-state index in [1.54, 1.807) is 35.4 Å². The van der Waals surface area contributed by atoms with E-state index in [2.05, 4.69) is 21.5 Å². The molecule has 0 aliphatic heterocycles. The highest BCUT2D eigenvalue weighted by atomic mass is 16.1. The molecule has 2 heterocycles. The molecule has 0 aliphatic rings. The smallest absolute Gasteiger partial charge is 0.257 e. The number of nitrogens with zero attached hydrogens (tertiary/aromatic N) is 3. The van der Waals surface area contributed by atoms with Crippen LogP contribution in [0.3, 0.4) is 0 Å². The van der Waals surface area contributed by atoms with E-state index in [4.69, 9.17) is 0 Å². The van der Waals surface area contributed by atoms with Crippen LogP contribution in [-0.2, 0) is 0 Å². The van der Waals surface area contributed by atoms with Gasteiger partial charge in [-0.05, 0) is 55.3 Å². The Labute approximate surface area is 128 Å². The molecule has 0 bridgehead atoms. The zero-order valence-corrected chi connectivity index (χ0v) is 12.4. The number of pyridine rings is 1. The normalized spacial score (nSPS) is 10.5. The van der Waals surface area contributed by atoms with Gasteiger partial charge in [-0.1, -0.05) is 6.07 Å². The summed E-state index contributed by atoms with van der Waals surface area (Å²) in [5.41, 5.74) is 3.53. The van der Waals surface area contributed by atoms with Crippen LogP contribution < -0.4 is 5.32 Å². The summed E-state index contributed by atoms with van der Waals surface area (Å²) in [5, 5.41) is 6.99. The molecular weight excluding hydrogens is 276 g/mol. The van der Waals surface area contributed by atoms with Gasteiger partial charge in [0.1, 0.15) is 0 Å². The van der Waals surface area contributed by atoms with Gasteiger partial charge in [0.15, 0.2) is 5.82 Å². The Kier molecular flexibility index (Phi) is 3.70. The van der Waals surface area contributed by atoms with Crippen LogP contribution in [0, 0.1) is 13.8 Å². The molecule has 3 rings (SSSR count). The molecule has 22 heavy (non-hydrogen) atoms. The Balaban J connectivity index is 1.77. The van der Waals surface area contributed by atoms with E-state index in [-0.39, 0.29) is 5.91 Å². The third kappa shape index (κ3) is 3.03. The van der Waals surface area contributed by atoms with E-state index in [0.29, 0.717) is 11.4 Å². The van der Waals surface area contributed by atoms with Crippen LogP contribution >= 0.6 is 0 Å². The van der Waals surface area contributed by atoms with Crippen molar-refractivity contribution in [3.63, 3.8) is 0 Å². The lowest BCUT2D eigenvalue weighted by Crippen LogP contribution is -2.13. The minimum atomic E-state index is -0.176. The first-order chi connectivity index (χ1) is 10.6. The van der Waals surface area contributed by atoms with Crippen LogP contribution in [-0.4, -0.2) is 20.7 Å². The summed E-state index contributed by atoms with van der Waals surface area (Å²) in [6.45, 7) is 4.01.